The molecule has 1 amide bonds. The maximum absolute atomic E-state index is 14.8. The minimum atomic E-state index is -1.12. The number of carbonyl (C=O) groups is 1. The van der Waals surface area contributed by atoms with Gasteiger partial charge in [-0.25, -0.2) is 14.4 Å². The van der Waals surface area contributed by atoms with E-state index in [4.69, 9.17) is 20.5 Å². The molecule has 1 aromatic carbocycles. The van der Waals surface area contributed by atoms with E-state index in [-0.39, 0.29) is 30.5 Å². The largest absolute Gasteiger partial charge is 0.428 e. The Bertz CT molecular complexity index is 1100. The lowest BCUT2D eigenvalue weighted by Crippen LogP contribution is -2.34. The van der Waals surface area contributed by atoms with E-state index in [0.717, 1.165) is 0 Å². The van der Waals surface area contributed by atoms with Crippen LogP contribution in [-0.2, 0) is 15.0 Å². The van der Waals surface area contributed by atoms with Gasteiger partial charge in [0.1, 0.15) is 35.5 Å². The molecule has 0 unspecified atom stereocenters. The number of nitrogens with zero attached hydrogens (tertiary/aromatic N) is 3. The molecule has 0 fully saturated rings. The lowest BCUT2D eigenvalue weighted by molar-refractivity contribution is 0.102. The molecule has 0 aliphatic carbocycles. The molecule has 0 saturated heterocycles. The van der Waals surface area contributed by atoms with Crippen LogP contribution in [0.5, 0.6) is 0 Å². The maximum Gasteiger partial charge on any atom is 0.288 e. The molecule has 3 heterocycles. The second-order valence-corrected chi connectivity index (χ2v) is 6.71. The fraction of sp³-hybridized carbons (Fsp3) is 0.200. The molecule has 0 bridgehead atoms. The van der Waals surface area contributed by atoms with Gasteiger partial charge in [0, 0.05) is 23.0 Å². The van der Waals surface area contributed by atoms with Crippen LogP contribution in [0.2, 0.25) is 0 Å². The molecule has 29 heavy (non-hydrogen) atoms. The van der Waals surface area contributed by atoms with Gasteiger partial charge in [-0.3, -0.25) is 4.79 Å². The first-order valence-corrected chi connectivity index (χ1v) is 8.71. The topological polar surface area (TPSA) is 123 Å². The number of aliphatic imine (C=N–C) groups is 1. The van der Waals surface area contributed by atoms with Crippen molar-refractivity contribution in [1.82, 2.24) is 4.98 Å². The lowest BCUT2D eigenvalue weighted by atomic mass is 9.83. The summed E-state index contributed by atoms with van der Waals surface area (Å²) in [5.74, 6) is -0.467. The van der Waals surface area contributed by atoms with Crippen molar-refractivity contribution < 1.29 is 18.7 Å². The number of amidine groups is 1. The molecule has 0 radical (unpaired) electrons. The normalized spacial score (nSPS) is 20.4. The highest BCUT2D eigenvalue weighted by Gasteiger charge is 2.42. The highest BCUT2D eigenvalue weighted by molar-refractivity contribution is 6.02. The molecule has 2 aromatic rings. The molecule has 4 rings (SSSR count). The van der Waals surface area contributed by atoms with Gasteiger partial charge in [0.05, 0.1) is 12.2 Å². The van der Waals surface area contributed by atoms with Gasteiger partial charge < -0.3 is 20.5 Å². The SMILES string of the molecule is C[C@]1(c2cc(NC(=O)c3ccc(C#N)cn3)ccc2F)N=C(N)OC2=C1COC2. The number of ether oxygens (including phenoxy) is 2. The van der Waals surface area contributed by atoms with Crippen LogP contribution in [0, 0.1) is 17.1 Å². The summed E-state index contributed by atoms with van der Waals surface area (Å²) < 4.78 is 25.6. The van der Waals surface area contributed by atoms with Gasteiger partial charge in [-0.05, 0) is 37.3 Å². The Morgan fingerprint density at radius 2 is 2.17 bits per heavy atom. The Hall–Kier alpha value is -3.77. The third-order valence-electron chi connectivity index (χ3n) is 4.84. The quantitative estimate of drug-likeness (QED) is 0.824. The molecule has 1 atom stereocenters. The predicted octanol–water partition coefficient (Wildman–Crippen LogP) is 2.19. The number of nitrogens with two attached hydrogens (primary N) is 1. The third-order valence-corrected chi connectivity index (χ3v) is 4.84. The fourth-order valence-electron chi connectivity index (χ4n) is 3.34. The Morgan fingerprint density at radius 1 is 1.34 bits per heavy atom. The van der Waals surface area contributed by atoms with Crippen molar-refractivity contribution in [2.24, 2.45) is 10.7 Å². The Morgan fingerprint density at radius 3 is 2.90 bits per heavy atom. The zero-order chi connectivity index (χ0) is 20.6. The minimum absolute atomic E-state index is 0.0765. The van der Waals surface area contributed by atoms with E-state index in [2.05, 4.69) is 15.3 Å². The number of nitriles is 1. The summed E-state index contributed by atoms with van der Waals surface area (Å²) in [6.07, 6.45) is 1.31. The number of anilines is 1. The molecule has 2 aliphatic rings. The molecule has 3 N–H and O–H groups in total. The molecular weight excluding hydrogens is 377 g/mol. The van der Waals surface area contributed by atoms with E-state index < -0.39 is 17.3 Å². The molecule has 0 saturated carbocycles. The summed E-state index contributed by atoms with van der Waals surface area (Å²) in [6.45, 7) is 2.20. The van der Waals surface area contributed by atoms with Crippen molar-refractivity contribution in [2.75, 3.05) is 18.5 Å². The van der Waals surface area contributed by atoms with Gasteiger partial charge >= 0.3 is 0 Å². The van der Waals surface area contributed by atoms with Gasteiger partial charge in [0.25, 0.3) is 11.9 Å². The molecule has 8 nitrogen and oxygen atoms in total. The number of amides is 1. The summed E-state index contributed by atoms with van der Waals surface area (Å²) in [6, 6.07) is 8.98. The number of hydrogen-bond donors (Lipinski definition) is 2. The fourth-order valence-corrected chi connectivity index (χ4v) is 3.34. The monoisotopic (exact) mass is 393 g/mol. The van der Waals surface area contributed by atoms with Crippen LogP contribution in [0.3, 0.4) is 0 Å². The van der Waals surface area contributed by atoms with Crippen molar-refractivity contribution in [2.45, 2.75) is 12.5 Å². The van der Waals surface area contributed by atoms with Gasteiger partial charge in [-0.2, -0.15) is 5.26 Å². The Labute approximate surface area is 165 Å². The highest BCUT2D eigenvalue weighted by Crippen LogP contribution is 2.42. The van der Waals surface area contributed by atoms with E-state index in [9.17, 15) is 9.18 Å². The van der Waals surface area contributed by atoms with Crippen molar-refractivity contribution in [3.63, 3.8) is 0 Å². The number of carbonyl (C=O) groups excluding carboxylic acids is 1. The van der Waals surface area contributed by atoms with Crippen molar-refractivity contribution in [3.05, 3.63) is 70.5 Å². The van der Waals surface area contributed by atoms with Gasteiger partial charge in [-0.1, -0.05) is 0 Å². The second kappa shape index (κ2) is 7.00. The molecule has 146 valence electrons. The van der Waals surface area contributed by atoms with Crippen LogP contribution in [0.1, 0.15) is 28.5 Å². The van der Waals surface area contributed by atoms with Crippen LogP contribution in [0.4, 0.5) is 10.1 Å². The number of hydrogen-bond acceptors (Lipinski definition) is 7. The second-order valence-electron chi connectivity index (χ2n) is 6.71. The molecular formula is C20H16FN5O3. The number of aromatic nitrogens is 1. The standard InChI is InChI=1S/C20H16FN5O3/c1-20(14-9-28-10-17(14)29-19(23)26-20)13-6-12(3-4-15(13)21)25-18(27)16-5-2-11(7-22)8-24-16/h2-6,8H,9-10H2,1H3,(H2,23,26)(H,25,27)/t20-/m1/s1. The minimum Gasteiger partial charge on any atom is -0.428 e. The lowest BCUT2D eigenvalue weighted by Gasteiger charge is -2.31. The van der Waals surface area contributed by atoms with E-state index in [1.165, 1.54) is 36.5 Å². The van der Waals surface area contributed by atoms with Crippen LogP contribution in [0.15, 0.2) is 52.9 Å². The highest BCUT2D eigenvalue weighted by atomic mass is 19.1. The van der Waals surface area contributed by atoms with Crippen LogP contribution in [0.25, 0.3) is 0 Å². The maximum atomic E-state index is 14.8. The van der Waals surface area contributed by atoms with E-state index >= 15 is 0 Å². The Kier molecular flexibility index (Phi) is 4.48. The number of pyridine rings is 1. The van der Waals surface area contributed by atoms with Crippen molar-refractivity contribution in [3.8, 4) is 6.07 Å². The number of benzene rings is 1. The average molecular weight is 393 g/mol. The first-order valence-electron chi connectivity index (χ1n) is 8.71. The zero-order valence-electron chi connectivity index (χ0n) is 15.4. The van der Waals surface area contributed by atoms with E-state index in [0.29, 0.717) is 22.6 Å². The average Bonchev–Trinajstić information content (AvgIpc) is 3.18. The first kappa shape index (κ1) is 18.6. The zero-order valence-corrected chi connectivity index (χ0v) is 15.4. The van der Waals surface area contributed by atoms with Crippen LogP contribution in [-0.4, -0.2) is 30.1 Å². The van der Waals surface area contributed by atoms with E-state index in [1.807, 2.05) is 6.07 Å². The van der Waals surface area contributed by atoms with E-state index in [1.54, 1.807) is 6.92 Å². The molecule has 9 heteroatoms. The smallest absolute Gasteiger partial charge is 0.288 e. The summed E-state index contributed by atoms with van der Waals surface area (Å²) in [5, 5.41) is 11.5. The summed E-state index contributed by atoms with van der Waals surface area (Å²) in [4.78, 5) is 20.7. The number of nitrogens with one attached hydrogen (secondary N) is 1. The van der Waals surface area contributed by atoms with Crippen molar-refractivity contribution in [1.29, 1.82) is 5.26 Å². The molecule has 1 aromatic heterocycles. The van der Waals surface area contributed by atoms with Gasteiger partial charge in [0.15, 0.2) is 0 Å². The van der Waals surface area contributed by atoms with Gasteiger partial charge in [-0.15, -0.1) is 0 Å². The summed E-state index contributed by atoms with van der Waals surface area (Å²) in [7, 11) is 0. The summed E-state index contributed by atoms with van der Waals surface area (Å²) in [5.41, 5.74) is 6.41. The first-order chi connectivity index (χ1) is 13.9. The summed E-state index contributed by atoms with van der Waals surface area (Å²) >= 11 is 0. The predicted molar refractivity (Wildman–Crippen MR) is 101 cm³/mol. The molecule has 0 spiro atoms. The number of rotatable bonds is 3. The van der Waals surface area contributed by atoms with Crippen molar-refractivity contribution >= 4 is 17.6 Å². The third kappa shape index (κ3) is 3.30. The van der Waals surface area contributed by atoms with Crippen LogP contribution < -0.4 is 11.1 Å². The van der Waals surface area contributed by atoms with Crippen LogP contribution >= 0.6 is 0 Å². The number of halogens is 1. The molecule has 2 aliphatic heterocycles. The van der Waals surface area contributed by atoms with Gasteiger partial charge in [0.2, 0.25) is 0 Å². The Balaban J connectivity index is 1.67.